The molecule has 1 heterocycles. The first-order chi connectivity index (χ1) is 9.84. The smallest absolute Gasteiger partial charge is 0.241 e. The molecule has 1 aliphatic heterocycles. The minimum atomic E-state index is -4.21. The van der Waals surface area contributed by atoms with Gasteiger partial charge in [-0.3, -0.25) is 4.79 Å². The molecule has 116 valence electrons. The zero-order valence-corrected chi connectivity index (χ0v) is 12.2. The lowest BCUT2D eigenvalue weighted by molar-refractivity contribution is -0.134. The Labute approximate surface area is 121 Å². The Bertz CT molecular complexity index is 642. The largest absolute Gasteiger partial charge is 0.378 e. The highest BCUT2D eigenvalue weighted by Gasteiger charge is 2.35. The molecule has 0 spiro atoms. The Morgan fingerprint density at radius 3 is 2.48 bits per heavy atom. The Balaban J connectivity index is 2.27. The normalized spacial score (nSPS) is 17.6. The molecule has 0 aromatic heterocycles. The van der Waals surface area contributed by atoms with Crippen molar-refractivity contribution in [1.29, 1.82) is 0 Å². The van der Waals surface area contributed by atoms with Crippen LogP contribution in [0.25, 0.3) is 0 Å². The molecule has 8 heteroatoms. The summed E-state index contributed by atoms with van der Waals surface area (Å²) in [4.78, 5) is 12.9. The van der Waals surface area contributed by atoms with Gasteiger partial charge < -0.3 is 9.64 Å². The molecule has 0 N–H and O–H groups in total. The number of hydrogen-bond donors (Lipinski definition) is 0. The molecule has 1 unspecified atom stereocenters. The van der Waals surface area contributed by atoms with E-state index in [9.17, 15) is 22.0 Å². The molecule has 1 amide bonds. The first-order valence-electron chi connectivity index (χ1n) is 6.39. The molecule has 2 rings (SSSR count). The summed E-state index contributed by atoms with van der Waals surface area (Å²) in [6.07, 6.45) is 0. The second kappa shape index (κ2) is 6.07. The topological polar surface area (TPSA) is 63.7 Å². The van der Waals surface area contributed by atoms with Crippen LogP contribution in [-0.2, 0) is 19.4 Å². The van der Waals surface area contributed by atoms with Crippen LogP contribution in [0.3, 0.4) is 0 Å². The predicted octanol–water partition coefficient (Wildman–Crippen LogP) is 0.986. The van der Waals surface area contributed by atoms with Gasteiger partial charge in [-0.15, -0.1) is 0 Å². The molecule has 0 saturated carbocycles. The van der Waals surface area contributed by atoms with E-state index in [1.807, 2.05) is 0 Å². The molecule has 0 radical (unpaired) electrons. The summed E-state index contributed by atoms with van der Waals surface area (Å²) in [5.41, 5.74) is 0. The fourth-order valence-corrected chi connectivity index (χ4v) is 3.45. The van der Waals surface area contributed by atoms with Crippen molar-refractivity contribution in [1.82, 2.24) is 4.90 Å². The first kappa shape index (κ1) is 15.8. The van der Waals surface area contributed by atoms with Crippen LogP contribution in [0.2, 0.25) is 0 Å². The Morgan fingerprint density at radius 1 is 1.29 bits per heavy atom. The summed E-state index contributed by atoms with van der Waals surface area (Å²) in [7, 11) is -4.21. The lowest BCUT2D eigenvalue weighted by Gasteiger charge is -2.29. The molecular weight excluding hydrogens is 304 g/mol. The molecule has 1 aliphatic rings. The summed E-state index contributed by atoms with van der Waals surface area (Å²) in [6.45, 7) is 2.47. The molecule has 0 bridgehead atoms. The van der Waals surface area contributed by atoms with Crippen LogP contribution in [0.1, 0.15) is 6.92 Å². The van der Waals surface area contributed by atoms with Crippen molar-refractivity contribution in [3.8, 4) is 0 Å². The van der Waals surface area contributed by atoms with Gasteiger partial charge in [-0.25, -0.2) is 17.2 Å². The number of hydrogen-bond acceptors (Lipinski definition) is 4. The van der Waals surface area contributed by atoms with E-state index in [0.717, 1.165) is 12.1 Å². The van der Waals surface area contributed by atoms with Crippen LogP contribution in [0.15, 0.2) is 23.1 Å². The van der Waals surface area contributed by atoms with Crippen molar-refractivity contribution in [3.63, 3.8) is 0 Å². The van der Waals surface area contributed by atoms with E-state index in [-0.39, 0.29) is 0 Å². The zero-order chi connectivity index (χ0) is 15.6. The van der Waals surface area contributed by atoms with Gasteiger partial charge in [0.05, 0.1) is 13.2 Å². The maximum atomic E-state index is 13.6. The molecule has 1 aromatic rings. The highest BCUT2D eigenvalue weighted by Crippen LogP contribution is 2.22. The number of morpholine rings is 1. The molecule has 5 nitrogen and oxygen atoms in total. The SMILES string of the molecule is CC(C(=O)N1CCOCC1)S(=O)(=O)c1ccc(F)cc1F. The minimum absolute atomic E-state index is 0.296. The van der Waals surface area contributed by atoms with Crippen LogP contribution in [0, 0.1) is 11.6 Å². The van der Waals surface area contributed by atoms with E-state index >= 15 is 0 Å². The van der Waals surface area contributed by atoms with Gasteiger partial charge in [-0.2, -0.15) is 0 Å². The number of sulfone groups is 1. The summed E-state index contributed by atoms with van der Waals surface area (Å²) in [5, 5.41) is -1.43. The molecule has 0 aliphatic carbocycles. The second-order valence-electron chi connectivity index (χ2n) is 4.70. The minimum Gasteiger partial charge on any atom is -0.378 e. The summed E-state index contributed by atoms with van der Waals surface area (Å²) in [6, 6.07) is 2.17. The fourth-order valence-electron chi connectivity index (χ4n) is 2.07. The van der Waals surface area contributed by atoms with E-state index in [0.29, 0.717) is 32.4 Å². The highest BCUT2D eigenvalue weighted by molar-refractivity contribution is 7.92. The van der Waals surface area contributed by atoms with Gasteiger partial charge in [0.1, 0.15) is 21.8 Å². The molecular formula is C13H15F2NO4S. The molecule has 1 saturated heterocycles. The van der Waals surface area contributed by atoms with Gasteiger partial charge in [0.15, 0.2) is 9.84 Å². The Hall–Kier alpha value is -1.54. The van der Waals surface area contributed by atoms with Gasteiger partial charge in [0, 0.05) is 19.2 Å². The van der Waals surface area contributed by atoms with Crippen molar-refractivity contribution in [2.24, 2.45) is 0 Å². The highest BCUT2D eigenvalue weighted by atomic mass is 32.2. The quantitative estimate of drug-likeness (QED) is 0.779. The van der Waals surface area contributed by atoms with E-state index in [4.69, 9.17) is 4.74 Å². The molecule has 21 heavy (non-hydrogen) atoms. The maximum Gasteiger partial charge on any atom is 0.241 e. The molecule has 1 atom stereocenters. The van der Waals surface area contributed by atoms with Crippen LogP contribution < -0.4 is 0 Å². The van der Waals surface area contributed by atoms with Crippen LogP contribution in [0.5, 0.6) is 0 Å². The lowest BCUT2D eigenvalue weighted by atomic mass is 10.3. The molecule has 1 aromatic carbocycles. The van der Waals surface area contributed by atoms with Crippen molar-refractivity contribution in [2.75, 3.05) is 26.3 Å². The third-order valence-corrected chi connectivity index (χ3v) is 5.41. The van der Waals surface area contributed by atoms with Crippen molar-refractivity contribution >= 4 is 15.7 Å². The lowest BCUT2D eigenvalue weighted by Crippen LogP contribution is -2.47. The number of rotatable bonds is 3. The number of halogens is 2. The van der Waals surface area contributed by atoms with Crippen LogP contribution in [0.4, 0.5) is 8.78 Å². The number of carbonyl (C=O) groups is 1. The Morgan fingerprint density at radius 2 is 1.90 bits per heavy atom. The monoisotopic (exact) mass is 319 g/mol. The van der Waals surface area contributed by atoms with Gasteiger partial charge in [0.2, 0.25) is 5.91 Å². The van der Waals surface area contributed by atoms with Crippen molar-refractivity contribution in [3.05, 3.63) is 29.8 Å². The molecule has 1 fully saturated rings. The van der Waals surface area contributed by atoms with Crippen molar-refractivity contribution in [2.45, 2.75) is 17.1 Å². The Kier molecular flexibility index (Phi) is 4.58. The zero-order valence-electron chi connectivity index (χ0n) is 11.4. The van der Waals surface area contributed by atoms with Gasteiger partial charge in [-0.05, 0) is 19.1 Å². The predicted molar refractivity (Wildman–Crippen MR) is 70.4 cm³/mol. The number of nitrogens with zero attached hydrogens (tertiary/aromatic N) is 1. The summed E-state index contributed by atoms with van der Waals surface area (Å²) < 4.78 is 56.2. The van der Waals surface area contributed by atoms with Crippen LogP contribution >= 0.6 is 0 Å². The van der Waals surface area contributed by atoms with Gasteiger partial charge in [0.25, 0.3) is 0 Å². The maximum absolute atomic E-state index is 13.6. The number of amides is 1. The van der Waals surface area contributed by atoms with Crippen LogP contribution in [-0.4, -0.2) is 50.8 Å². The number of benzene rings is 1. The summed E-state index contributed by atoms with van der Waals surface area (Å²) >= 11 is 0. The van der Waals surface area contributed by atoms with Gasteiger partial charge >= 0.3 is 0 Å². The average Bonchev–Trinajstić information content (AvgIpc) is 2.46. The van der Waals surface area contributed by atoms with E-state index < -0.39 is 37.5 Å². The van der Waals surface area contributed by atoms with E-state index in [1.54, 1.807) is 0 Å². The standard InChI is InChI=1S/C13H15F2NO4S/c1-9(13(17)16-4-6-20-7-5-16)21(18,19)12-3-2-10(14)8-11(12)15/h2-3,8-9H,4-7H2,1H3. The van der Waals surface area contributed by atoms with E-state index in [1.165, 1.54) is 11.8 Å². The third-order valence-electron chi connectivity index (χ3n) is 3.34. The number of carbonyl (C=O) groups excluding carboxylic acids is 1. The van der Waals surface area contributed by atoms with Gasteiger partial charge in [-0.1, -0.05) is 0 Å². The van der Waals surface area contributed by atoms with E-state index in [2.05, 4.69) is 0 Å². The fraction of sp³-hybridized carbons (Fsp3) is 0.462. The number of ether oxygens (including phenoxy) is 1. The summed E-state index contributed by atoms with van der Waals surface area (Å²) in [5.74, 6) is -2.68. The second-order valence-corrected chi connectivity index (χ2v) is 6.94. The average molecular weight is 319 g/mol. The first-order valence-corrected chi connectivity index (χ1v) is 7.94. The third kappa shape index (κ3) is 3.21. The van der Waals surface area contributed by atoms with Crippen molar-refractivity contribution < 1.29 is 26.7 Å².